The molecule has 0 aromatic heterocycles. The Labute approximate surface area is 98.6 Å². The van der Waals surface area contributed by atoms with Gasteiger partial charge in [-0.3, -0.25) is 4.79 Å². The molecule has 2 N–H and O–H groups in total. The van der Waals surface area contributed by atoms with Gasteiger partial charge < -0.3 is 10.4 Å². The normalized spacial score (nSPS) is 30.8. The molecule has 1 fully saturated rings. The fraction of sp³-hybridized carbons (Fsp3) is 0.462. The predicted octanol–water partition coefficient (Wildman–Crippen LogP) is 1.31. The van der Waals surface area contributed by atoms with E-state index in [-0.39, 0.29) is 11.2 Å². The van der Waals surface area contributed by atoms with Crippen molar-refractivity contribution < 1.29 is 14.3 Å². The van der Waals surface area contributed by atoms with Crippen LogP contribution < -0.4 is 5.32 Å². The molecule has 1 aliphatic heterocycles. The third-order valence-corrected chi connectivity index (χ3v) is 4.20. The minimum atomic E-state index is -0.757. The second kappa shape index (κ2) is 3.53. The van der Waals surface area contributed by atoms with E-state index in [0.29, 0.717) is 13.1 Å². The van der Waals surface area contributed by atoms with Gasteiger partial charge in [0.05, 0.1) is 5.92 Å². The van der Waals surface area contributed by atoms with Crippen LogP contribution in [0.2, 0.25) is 0 Å². The summed E-state index contributed by atoms with van der Waals surface area (Å²) < 4.78 is 13.2. The Bertz CT molecular complexity index is 488. The third kappa shape index (κ3) is 1.40. The van der Waals surface area contributed by atoms with Gasteiger partial charge in [0.2, 0.25) is 0 Å². The fourth-order valence-corrected chi connectivity index (χ4v) is 3.37. The summed E-state index contributed by atoms with van der Waals surface area (Å²) in [5, 5.41) is 12.5. The van der Waals surface area contributed by atoms with Crippen LogP contribution in [0.4, 0.5) is 4.39 Å². The summed E-state index contributed by atoms with van der Waals surface area (Å²) in [6.07, 6.45) is 1.58. The van der Waals surface area contributed by atoms with Crippen LogP contribution >= 0.6 is 0 Å². The highest BCUT2D eigenvalue weighted by Gasteiger charge is 2.51. The minimum Gasteiger partial charge on any atom is -0.481 e. The van der Waals surface area contributed by atoms with Crippen molar-refractivity contribution in [3.8, 4) is 0 Å². The van der Waals surface area contributed by atoms with E-state index < -0.39 is 11.9 Å². The van der Waals surface area contributed by atoms with Crippen molar-refractivity contribution in [3.05, 3.63) is 35.1 Å². The van der Waals surface area contributed by atoms with E-state index in [1.807, 2.05) is 0 Å². The van der Waals surface area contributed by atoms with E-state index in [9.17, 15) is 14.3 Å². The smallest absolute Gasteiger partial charge is 0.308 e. The molecule has 17 heavy (non-hydrogen) atoms. The van der Waals surface area contributed by atoms with Crippen molar-refractivity contribution in [3.63, 3.8) is 0 Å². The number of halogens is 1. The van der Waals surface area contributed by atoms with Gasteiger partial charge >= 0.3 is 5.97 Å². The summed E-state index contributed by atoms with van der Waals surface area (Å²) in [5.74, 6) is -1.39. The molecule has 4 heteroatoms. The molecule has 3 nitrogen and oxygen atoms in total. The lowest BCUT2D eigenvalue weighted by Gasteiger charge is -2.28. The lowest BCUT2D eigenvalue weighted by Crippen LogP contribution is -2.37. The van der Waals surface area contributed by atoms with Crippen molar-refractivity contribution in [1.29, 1.82) is 0 Å². The van der Waals surface area contributed by atoms with E-state index in [4.69, 9.17) is 0 Å². The van der Waals surface area contributed by atoms with E-state index in [0.717, 1.165) is 24.0 Å². The molecule has 2 atom stereocenters. The largest absolute Gasteiger partial charge is 0.481 e. The summed E-state index contributed by atoms with van der Waals surface area (Å²) >= 11 is 0. The van der Waals surface area contributed by atoms with Gasteiger partial charge in [-0.05, 0) is 36.1 Å². The zero-order valence-electron chi connectivity index (χ0n) is 9.37. The van der Waals surface area contributed by atoms with Gasteiger partial charge in [0, 0.05) is 18.5 Å². The number of benzene rings is 1. The van der Waals surface area contributed by atoms with Gasteiger partial charge in [-0.15, -0.1) is 0 Å². The third-order valence-electron chi connectivity index (χ3n) is 4.20. The molecule has 1 spiro atoms. The number of hydrogen-bond donors (Lipinski definition) is 2. The molecular weight excluding hydrogens is 221 g/mol. The highest BCUT2D eigenvalue weighted by molar-refractivity contribution is 5.74. The van der Waals surface area contributed by atoms with Crippen LogP contribution in [0.5, 0.6) is 0 Å². The SMILES string of the molecule is O=C(O)C1CNCC12CCc1cc(F)ccc12. The molecule has 2 unspecified atom stereocenters. The molecule has 1 aromatic carbocycles. The highest BCUT2D eigenvalue weighted by atomic mass is 19.1. The van der Waals surface area contributed by atoms with Crippen LogP contribution in [-0.4, -0.2) is 24.2 Å². The van der Waals surface area contributed by atoms with Gasteiger partial charge in [-0.1, -0.05) is 6.07 Å². The Hall–Kier alpha value is -1.42. The maximum Gasteiger partial charge on any atom is 0.308 e. The topological polar surface area (TPSA) is 49.3 Å². The molecule has 0 amide bonds. The molecule has 0 radical (unpaired) electrons. The lowest BCUT2D eigenvalue weighted by atomic mass is 9.73. The molecular formula is C13H14FNO2. The number of aryl methyl sites for hydroxylation is 1. The number of fused-ring (bicyclic) bond motifs is 2. The summed E-state index contributed by atoms with van der Waals surface area (Å²) in [6, 6.07) is 4.74. The molecule has 1 heterocycles. The first-order chi connectivity index (χ1) is 8.13. The molecule has 0 saturated carbocycles. The number of carboxylic acids is 1. The highest BCUT2D eigenvalue weighted by Crippen LogP contribution is 2.46. The molecule has 1 saturated heterocycles. The summed E-state index contributed by atoms with van der Waals surface area (Å²) in [6.45, 7) is 1.19. The number of carbonyl (C=O) groups is 1. The number of nitrogens with one attached hydrogen (secondary N) is 1. The Morgan fingerprint density at radius 1 is 1.53 bits per heavy atom. The van der Waals surface area contributed by atoms with Gasteiger partial charge in [0.15, 0.2) is 0 Å². The van der Waals surface area contributed by atoms with Gasteiger partial charge in [0.25, 0.3) is 0 Å². The number of carboxylic acid groups (broad SMARTS) is 1. The maximum atomic E-state index is 13.2. The quantitative estimate of drug-likeness (QED) is 0.771. The molecule has 1 aliphatic carbocycles. The number of hydrogen-bond acceptors (Lipinski definition) is 2. The van der Waals surface area contributed by atoms with E-state index in [1.165, 1.54) is 6.07 Å². The van der Waals surface area contributed by atoms with Crippen LogP contribution in [0.3, 0.4) is 0 Å². The van der Waals surface area contributed by atoms with E-state index in [1.54, 1.807) is 12.1 Å². The van der Waals surface area contributed by atoms with E-state index >= 15 is 0 Å². The number of aliphatic carboxylic acids is 1. The van der Waals surface area contributed by atoms with Crippen molar-refractivity contribution in [2.24, 2.45) is 5.92 Å². The first kappa shape index (κ1) is 10.7. The van der Waals surface area contributed by atoms with Crippen LogP contribution in [0, 0.1) is 11.7 Å². The van der Waals surface area contributed by atoms with Crippen LogP contribution in [0.1, 0.15) is 17.5 Å². The van der Waals surface area contributed by atoms with Crippen LogP contribution in [0.25, 0.3) is 0 Å². The second-order valence-electron chi connectivity index (χ2n) is 4.98. The summed E-state index contributed by atoms with van der Waals surface area (Å²) in [7, 11) is 0. The first-order valence-corrected chi connectivity index (χ1v) is 5.86. The second-order valence-corrected chi connectivity index (χ2v) is 4.98. The van der Waals surface area contributed by atoms with E-state index in [2.05, 4.69) is 5.32 Å². The standard InChI is InChI=1S/C13H14FNO2/c14-9-1-2-10-8(5-9)3-4-13(10)7-15-6-11(13)12(16)17/h1-2,5,11,15H,3-4,6-7H2,(H,16,17). The predicted molar refractivity (Wildman–Crippen MR) is 60.4 cm³/mol. The monoisotopic (exact) mass is 235 g/mol. The Kier molecular flexibility index (Phi) is 2.23. The maximum absolute atomic E-state index is 13.2. The van der Waals surface area contributed by atoms with Crippen LogP contribution in [-0.2, 0) is 16.6 Å². The lowest BCUT2D eigenvalue weighted by molar-refractivity contribution is -0.143. The van der Waals surface area contributed by atoms with Crippen molar-refractivity contribution >= 4 is 5.97 Å². The first-order valence-electron chi connectivity index (χ1n) is 5.86. The molecule has 2 aliphatic rings. The van der Waals surface area contributed by atoms with Gasteiger partial charge in [-0.25, -0.2) is 4.39 Å². The van der Waals surface area contributed by atoms with Crippen molar-refractivity contribution in [2.75, 3.05) is 13.1 Å². The molecule has 0 bridgehead atoms. The average molecular weight is 235 g/mol. The fourth-order valence-electron chi connectivity index (χ4n) is 3.37. The van der Waals surface area contributed by atoms with Crippen molar-refractivity contribution in [2.45, 2.75) is 18.3 Å². The Balaban J connectivity index is 2.10. The van der Waals surface area contributed by atoms with Gasteiger partial charge in [-0.2, -0.15) is 0 Å². The van der Waals surface area contributed by atoms with Gasteiger partial charge in [0.1, 0.15) is 5.82 Å². The molecule has 90 valence electrons. The van der Waals surface area contributed by atoms with Crippen molar-refractivity contribution in [1.82, 2.24) is 5.32 Å². The molecule has 3 rings (SSSR count). The van der Waals surface area contributed by atoms with Crippen LogP contribution in [0.15, 0.2) is 18.2 Å². The zero-order valence-corrected chi connectivity index (χ0v) is 9.37. The zero-order chi connectivity index (χ0) is 12.0. The number of rotatable bonds is 1. The average Bonchev–Trinajstić information content (AvgIpc) is 2.85. The summed E-state index contributed by atoms with van der Waals surface area (Å²) in [5.41, 5.74) is 1.67. The Morgan fingerprint density at radius 2 is 2.35 bits per heavy atom. The summed E-state index contributed by atoms with van der Waals surface area (Å²) in [4.78, 5) is 11.3. The Morgan fingerprint density at radius 3 is 3.12 bits per heavy atom. The minimum absolute atomic E-state index is 0.237. The molecule has 1 aromatic rings.